The number of nitrogens with one attached hydrogen (secondary N) is 3. The summed E-state index contributed by atoms with van der Waals surface area (Å²) in [6.07, 6.45) is 2.14. The summed E-state index contributed by atoms with van der Waals surface area (Å²) in [5, 5.41) is 9.28. The fourth-order valence-electron chi connectivity index (χ4n) is 2.48. The van der Waals surface area contributed by atoms with E-state index in [2.05, 4.69) is 36.9 Å². The molecule has 1 unspecified atom stereocenters. The third kappa shape index (κ3) is 9.72. The van der Waals surface area contributed by atoms with Gasteiger partial charge in [0.1, 0.15) is 0 Å². The third-order valence-electron chi connectivity index (χ3n) is 3.87. The van der Waals surface area contributed by atoms with Crippen molar-refractivity contribution in [2.75, 3.05) is 46.5 Å². The Balaban J connectivity index is 0.00000364. The Hall–Kier alpha value is -0.910. The molecule has 1 aliphatic rings. The lowest BCUT2D eigenvalue weighted by Gasteiger charge is -2.13. The number of rotatable bonds is 9. The van der Waals surface area contributed by atoms with Crippen LogP contribution in [0.25, 0.3) is 0 Å². The Morgan fingerprint density at radius 1 is 1.30 bits per heavy atom. The minimum Gasteiger partial charge on any atom is -0.379 e. The minimum atomic E-state index is -0.0934. The lowest BCUT2D eigenvalue weighted by molar-refractivity contribution is 0.0420. The first kappa shape index (κ1) is 24.1. The van der Waals surface area contributed by atoms with E-state index in [1.54, 1.807) is 19.2 Å². The van der Waals surface area contributed by atoms with Crippen LogP contribution in [0.15, 0.2) is 33.7 Å². The van der Waals surface area contributed by atoms with Crippen LogP contribution in [0.3, 0.4) is 0 Å². The number of benzene rings is 1. The summed E-state index contributed by atoms with van der Waals surface area (Å²) in [6, 6.07) is 7.31. The Bertz CT molecular complexity index is 598. The van der Waals surface area contributed by atoms with Crippen molar-refractivity contribution >= 4 is 51.8 Å². The Kier molecular flexibility index (Phi) is 12.6. The highest BCUT2D eigenvalue weighted by Crippen LogP contribution is 2.11. The van der Waals surface area contributed by atoms with Crippen molar-refractivity contribution in [2.24, 2.45) is 4.99 Å². The maximum absolute atomic E-state index is 12.0. The molecule has 0 saturated carbocycles. The predicted octanol–water partition coefficient (Wildman–Crippen LogP) is 2.16. The molecule has 1 fully saturated rings. The fourth-order valence-corrected chi connectivity index (χ4v) is 2.88. The summed E-state index contributed by atoms with van der Waals surface area (Å²) in [6.45, 7) is 4.10. The zero-order chi connectivity index (χ0) is 18.6. The van der Waals surface area contributed by atoms with Crippen LogP contribution in [0, 0.1) is 0 Å². The number of guanidine groups is 1. The first-order valence-electron chi connectivity index (χ1n) is 8.86. The van der Waals surface area contributed by atoms with Gasteiger partial charge in [-0.2, -0.15) is 0 Å². The molecular formula is C18H28BrIN4O3. The number of nitrogens with zero attached hydrogens (tertiary/aromatic N) is 1. The fraction of sp³-hybridized carbons (Fsp3) is 0.556. The molecule has 2 rings (SSSR count). The highest BCUT2D eigenvalue weighted by Gasteiger charge is 2.15. The molecular weight excluding hydrogens is 527 g/mol. The quantitative estimate of drug-likeness (QED) is 0.189. The maximum atomic E-state index is 12.0. The first-order chi connectivity index (χ1) is 12.7. The van der Waals surface area contributed by atoms with Crippen LogP contribution in [0.2, 0.25) is 0 Å². The minimum absolute atomic E-state index is 0. The van der Waals surface area contributed by atoms with E-state index in [0.717, 1.165) is 30.5 Å². The van der Waals surface area contributed by atoms with E-state index in [1.807, 2.05) is 12.1 Å². The predicted molar refractivity (Wildman–Crippen MR) is 121 cm³/mol. The molecule has 0 aromatic heterocycles. The van der Waals surface area contributed by atoms with Crippen LogP contribution < -0.4 is 16.0 Å². The molecule has 1 aromatic carbocycles. The molecule has 1 aliphatic heterocycles. The van der Waals surface area contributed by atoms with E-state index in [-0.39, 0.29) is 36.0 Å². The van der Waals surface area contributed by atoms with Crippen molar-refractivity contribution in [3.05, 3.63) is 34.3 Å². The van der Waals surface area contributed by atoms with Gasteiger partial charge in [0.2, 0.25) is 0 Å². The van der Waals surface area contributed by atoms with Gasteiger partial charge in [0.05, 0.1) is 12.7 Å². The van der Waals surface area contributed by atoms with Gasteiger partial charge in [0.25, 0.3) is 5.91 Å². The highest BCUT2D eigenvalue weighted by atomic mass is 127. The molecule has 1 aromatic rings. The molecule has 1 saturated heterocycles. The summed E-state index contributed by atoms with van der Waals surface area (Å²) >= 11 is 3.36. The second-order valence-corrected chi connectivity index (χ2v) is 6.82. The molecule has 0 spiro atoms. The standard InChI is InChI=1S/C18H27BrN4O3.HI/c1-20-18(22-7-3-10-26-16-6-11-25-13-16)23-9-8-21-17(24)14-4-2-5-15(19)12-14;/h2,4-5,12,16H,3,6-11,13H2,1H3,(H,21,24)(H2,20,22,23);1H. The molecule has 1 heterocycles. The number of carbonyl (C=O) groups excluding carboxylic acids is 1. The van der Waals surface area contributed by atoms with E-state index in [1.165, 1.54) is 0 Å². The van der Waals surface area contributed by atoms with Gasteiger partial charge in [-0.1, -0.05) is 22.0 Å². The number of halogens is 2. The molecule has 152 valence electrons. The molecule has 1 atom stereocenters. The summed E-state index contributed by atoms with van der Waals surface area (Å²) in [5.74, 6) is 0.620. The van der Waals surface area contributed by atoms with E-state index in [4.69, 9.17) is 9.47 Å². The van der Waals surface area contributed by atoms with E-state index in [0.29, 0.717) is 37.8 Å². The average molecular weight is 555 g/mol. The van der Waals surface area contributed by atoms with Gasteiger partial charge in [-0.3, -0.25) is 9.79 Å². The number of ether oxygens (including phenoxy) is 2. The number of amides is 1. The first-order valence-corrected chi connectivity index (χ1v) is 9.66. The molecule has 9 heteroatoms. The zero-order valence-electron chi connectivity index (χ0n) is 15.5. The van der Waals surface area contributed by atoms with Gasteiger partial charge in [0.15, 0.2) is 5.96 Å². The number of carbonyl (C=O) groups is 1. The van der Waals surface area contributed by atoms with Crippen molar-refractivity contribution in [3.63, 3.8) is 0 Å². The van der Waals surface area contributed by atoms with Crippen molar-refractivity contribution < 1.29 is 14.3 Å². The zero-order valence-corrected chi connectivity index (χ0v) is 19.4. The van der Waals surface area contributed by atoms with Gasteiger partial charge in [-0.15, -0.1) is 24.0 Å². The van der Waals surface area contributed by atoms with Crippen molar-refractivity contribution in [3.8, 4) is 0 Å². The van der Waals surface area contributed by atoms with Gasteiger partial charge in [-0.05, 0) is 31.0 Å². The van der Waals surface area contributed by atoms with Crippen LogP contribution in [0.1, 0.15) is 23.2 Å². The Morgan fingerprint density at radius 3 is 2.78 bits per heavy atom. The lowest BCUT2D eigenvalue weighted by Crippen LogP contribution is -2.42. The molecule has 0 aliphatic carbocycles. The summed E-state index contributed by atoms with van der Waals surface area (Å²) in [5.41, 5.74) is 0.634. The Labute approximate surface area is 186 Å². The largest absolute Gasteiger partial charge is 0.379 e. The average Bonchev–Trinajstić information content (AvgIpc) is 3.16. The lowest BCUT2D eigenvalue weighted by atomic mass is 10.2. The monoisotopic (exact) mass is 554 g/mol. The second-order valence-electron chi connectivity index (χ2n) is 5.90. The van der Waals surface area contributed by atoms with Gasteiger partial charge in [0, 0.05) is 49.9 Å². The van der Waals surface area contributed by atoms with Crippen LogP contribution in [0.5, 0.6) is 0 Å². The maximum Gasteiger partial charge on any atom is 0.251 e. The van der Waals surface area contributed by atoms with Crippen molar-refractivity contribution in [1.29, 1.82) is 0 Å². The van der Waals surface area contributed by atoms with E-state index >= 15 is 0 Å². The van der Waals surface area contributed by atoms with E-state index in [9.17, 15) is 4.79 Å². The number of hydrogen-bond acceptors (Lipinski definition) is 4. The topological polar surface area (TPSA) is 84.0 Å². The molecule has 0 radical (unpaired) electrons. The Morgan fingerprint density at radius 2 is 2.07 bits per heavy atom. The van der Waals surface area contributed by atoms with Crippen LogP contribution in [0.4, 0.5) is 0 Å². The van der Waals surface area contributed by atoms with Crippen molar-refractivity contribution in [1.82, 2.24) is 16.0 Å². The molecule has 3 N–H and O–H groups in total. The normalized spacial score (nSPS) is 16.5. The van der Waals surface area contributed by atoms with Gasteiger partial charge < -0.3 is 25.4 Å². The van der Waals surface area contributed by atoms with Crippen LogP contribution >= 0.6 is 39.9 Å². The molecule has 27 heavy (non-hydrogen) atoms. The van der Waals surface area contributed by atoms with Crippen molar-refractivity contribution in [2.45, 2.75) is 18.9 Å². The highest BCUT2D eigenvalue weighted by molar-refractivity contribution is 14.0. The van der Waals surface area contributed by atoms with Gasteiger partial charge in [-0.25, -0.2) is 0 Å². The summed E-state index contributed by atoms with van der Waals surface area (Å²) < 4.78 is 11.9. The van der Waals surface area contributed by atoms with Crippen LogP contribution in [-0.2, 0) is 9.47 Å². The molecule has 0 bridgehead atoms. The smallest absolute Gasteiger partial charge is 0.251 e. The third-order valence-corrected chi connectivity index (χ3v) is 4.36. The molecule has 7 nitrogen and oxygen atoms in total. The van der Waals surface area contributed by atoms with Crippen LogP contribution in [-0.4, -0.2) is 64.5 Å². The summed E-state index contributed by atoms with van der Waals surface area (Å²) in [7, 11) is 1.72. The second kappa shape index (κ2) is 14.1. The number of hydrogen-bond donors (Lipinski definition) is 3. The number of aliphatic imine (C=N–C) groups is 1. The summed E-state index contributed by atoms with van der Waals surface area (Å²) in [4.78, 5) is 16.2. The SMILES string of the molecule is CN=C(NCCCOC1CCOC1)NCCNC(=O)c1cccc(Br)c1.I. The molecule has 1 amide bonds. The van der Waals surface area contributed by atoms with Gasteiger partial charge >= 0.3 is 0 Å². The van der Waals surface area contributed by atoms with E-state index < -0.39 is 0 Å².